The van der Waals surface area contributed by atoms with Gasteiger partial charge in [0.2, 0.25) is 0 Å². The lowest BCUT2D eigenvalue weighted by molar-refractivity contribution is 0.102. The highest BCUT2D eigenvalue weighted by Gasteiger charge is 2.17. The molecule has 2 aromatic carbocycles. The minimum absolute atomic E-state index is 0.131. The molecule has 0 saturated carbocycles. The summed E-state index contributed by atoms with van der Waals surface area (Å²) in [4.78, 5) is 20.3. The van der Waals surface area contributed by atoms with Gasteiger partial charge in [0.15, 0.2) is 5.75 Å². The number of aromatic nitrogens is 1. The molecule has 3 aromatic rings. The third-order valence-electron chi connectivity index (χ3n) is 3.30. The van der Waals surface area contributed by atoms with Crippen molar-refractivity contribution in [3.05, 3.63) is 60.3 Å². The van der Waals surface area contributed by atoms with E-state index in [4.69, 9.17) is 0 Å². The highest BCUT2D eigenvalue weighted by atomic mass is 16.3. The third kappa shape index (κ3) is 2.40. The average Bonchev–Trinajstić information content (AvgIpc) is 2.55. The van der Waals surface area contributed by atoms with Gasteiger partial charge in [0, 0.05) is 11.6 Å². The lowest BCUT2D eigenvalue weighted by atomic mass is 10.0. The van der Waals surface area contributed by atoms with Crippen LogP contribution in [0.4, 0.5) is 11.5 Å². The number of nitrogens with zero attached hydrogens (tertiary/aromatic N) is 2. The van der Waals surface area contributed by atoms with Gasteiger partial charge >= 0.3 is 0 Å². The third-order valence-corrected chi connectivity index (χ3v) is 3.30. The van der Waals surface area contributed by atoms with Crippen LogP contribution in [0, 0.1) is 0 Å². The van der Waals surface area contributed by atoms with Crippen LogP contribution in [0.1, 0.15) is 10.4 Å². The molecule has 0 aliphatic heterocycles. The van der Waals surface area contributed by atoms with Crippen LogP contribution in [0.2, 0.25) is 0 Å². The highest BCUT2D eigenvalue weighted by molar-refractivity contribution is 6.11. The Balaban J connectivity index is 2.08. The number of pyridine rings is 1. The van der Waals surface area contributed by atoms with Crippen LogP contribution in [0.3, 0.4) is 0 Å². The fourth-order valence-electron chi connectivity index (χ4n) is 2.27. The first kappa shape index (κ1) is 13.8. The number of anilines is 1. The molecule has 0 atom stereocenters. The molecule has 1 aromatic heterocycles. The van der Waals surface area contributed by atoms with E-state index < -0.39 is 5.91 Å². The maximum absolute atomic E-state index is 12.4. The standard InChI is InChI=1S/C17H13N3O2/c1-18-15-12-7-3-2-6-11(12)10-13(16(15)21)17(22)20-14-8-4-5-9-19-14/h2-10,21H,1H2,(H,19,20,22). The van der Waals surface area contributed by atoms with Gasteiger partial charge < -0.3 is 10.4 Å². The number of hydrogen-bond donors (Lipinski definition) is 2. The van der Waals surface area contributed by atoms with Gasteiger partial charge in [-0.1, -0.05) is 30.3 Å². The van der Waals surface area contributed by atoms with Gasteiger partial charge in [-0.2, -0.15) is 0 Å². The molecule has 5 heteroatoms. The predicted molar refractivity (Wildman–Crippen MR) is 87.0 cm³/mol. The van der Waals surface area contributed by atoms with Crippen LogP contribution in [0.15, 0.2) is 59.7 Å². The molecule has 5 nitrogen and oxygen atoms in total. The minimum Gasteiger partial charge on any atom is -0.505 e. The van der Waals surface area contributed by atoms with Crippen molar-refractivity contribution in [2.24, 2.45) is 4.99 Å². The SMILES string of the molecule is C=Nc1c(O)c(C(=O)Nc2ccccn2)cc2ccccc12. The quantitative estimate of drug-likeness (QED) is 0.725. The molecule has 0 fully saturated rings. The number of amides is 1. The molecule has 1 heterocycles. The normalized spacial score (nSPS) is 10.4. The summed E-state index contributed by atoms with van der Waals surface area (Å²) in [7, 11) is 0. The highest BCUT2D eigenvalue weighted by Crippen LogP contribution is 2.38. The van der Waals surface area contributed by atoms with E-state index in [0.29, 0.717) is 11.5 Å². The lowest BCUT2D eigenvalue weighted by Crippen LogP contribution is -2.13. The fraction of sp³-hybridized carbons (Fsp3) is 0. The van der Waals surface area contributed by atoms with E-state index in [1.54, 1.807) is 30.5 Å². The molecule has 0 radical (unpaired) electrons. The van der Waals surface area contributed by atoms with Gasteiger partial charge in [-0.15, -0.1) is 0 Å². The maximum atomic E-state index is 12.4. The van der Waals surface area contributed by atoms with E-state index in [1.807, 2.05) is 24.3 Å². The van der Waals surface area contributed by atoms with Crippen molar-refractivity contribution >= 4 is 34.9 Å². The number of carbonyl (C=O) groups is 1. The zero-order valence-electron chi connectivity index (χ0n) is 11.7. The number of aliphatic imine (C=N–C) groups is 1. The Morgan fingerprint density at radius 3 is 2.68 bits per heavy atom. The summed E-state index contributed by atoms with van der Waals surface area (Å²) < 4.78 is 0. The summed E-state index contributed by atoms with van der Waals surface area (Å²) >= 11 is 0. The number of phenolic OH excluding ortho intramolecular Hbond substituents is 1. The van der Waals surface area contributed by atoms with Crippen molar-refractivity contribution in [2.75, 3.05) is 5.32 Å². The van der Waals surface area contributed by atoms with Crippen LogP contribution < -0.4 is 5.32 Å². The summed E-state index contributed by atoms with van der Waals surface area (Å²) in [5.74, 6) is -0.234. The molecule has 108 valence electrons. The summed E-state index contributed by atoms with van der Waals surface area (Å²) in [6.07, 6.45) is 1.58. The van der Waals surface area contributed by atoms with Crippen LogP contribution in [-0.2, 0) is 0 Å². The number of carbonyl (C=O) groups excluding carboxylic acids is 1. The predicted octanol–water partition coefficient (Wildman–Crippen LogP) is 3.52. The molecule has 0 spiro atoms. The molecule has 0 unspecified atom stereocenters. The van der Waals surface area contributed by atoms with Gasteiger partial charge in [-0.3, -0.25) is 9.79 Å². The molecule has 0 aliphatic carbocycles. The second-order valence-electron chi connectivity index (χ2n) is 4.67. The van der Waals surface area contributed by atoms with E-state index in [9.17, 15) is 9.90 Å². The lowest BCUT2D eigenvalue weighted by Gasteiger charge is -2.10. The zero-order chi connectivity index (χ0) is 15.5. The number of hydrogen-bond acceptors (Lipinski definition) is 4. The summed E-state index contributed by atoms with van der Waals surface area (Å²) in [6.45, 7) is 3.47. The maximum Gasteiger partial charge on any atom is 0.260 e. The molecule has 0 aliphatic rings. The van der Waals surface area contributed by atoms with Gasteiger partial charge in [-0.25, -0.2) is 4.98 Å². The molecular weight excluding hydrogens is 278 g/mol. The topological polar surface area (TPSA) is 74.6 Å². The number of nitrogens with one attached hydrogen (secondary N) is 1. The first-order valence-corrected chi connectivity index (χ1v) is 6.64. The van der Waals surface area contributed by atoms with Crippen LogP contribution in [0.5, 0.6) is 5.75 Å². The Hall–Kier alpha value is -3.21. The average molecular weight is 291 g/mol. The number of aromatic hydroxyl groups is 1. The van der Waals surface area contributed by atoms with Gasteiger partial charge in [-0.05, 0) is 30.3 Å². The van der Waals surface area contributed by atoms with Crippen molar-refractivity contribution in [3.8, 4) is 5.75 Å². The molecule has 3 rings (SSSR count). The van der Waals surface area contributed by atoms with Crippen molar-refractivity contribution in [1.82, 2.24) is 4.98 Å². The smallest absolute Gasteiger partial charge is 0.260 e. The van der Waals surface area contributed by atoms with Crippen molar-refractivity contribution < 1.29 is 9.90 Å². The van der Waals surface area contributed by atoms with Gasteiger partial charge in [0.1, 0.15) is 11.5 Å². The second-order valence-corrected chi connectivity index (χ2v) is 4.67. The minimum atomic E-state index is -0.452. The second kappa shape index (κ2) is 5.65. The molecule has 22 heavy (non-hydrogen) atoms. The molecular formula is C17H13N3O2. The number of rotatable bonds is 3. The van der Waals surface area contributed by atoms with E-state index >= 15 is 0 Å². The molecule has 1 amide bonds. The monoisotopic (exact) mass is 291 g/mol. The molecule has 0 bridgehead atoms. The fourth-order valence-corrected chi connectivity index (χ4v) is 2.27. The first-order valence-electron chi connectivity index (χ1n) is 6.64. The van der Waals surface area contributed by atoms with Crippen LogP contribution in [-0.4, -0.2) is 22.7 Å². The van der Waals surface area contributed by atoms with Crippen molar-refractivity contribution in [1.29, 1.82) is 0 Å². The van der Waals surface area contributed by atoms with E-state index in [0.717, 1.165) is 10.8 Å². The summed E-state index contributed by atoms with van der Waals surface area (Å²) in [5.41, 5.74) is 0.427. The molecule has 0 saturated heterocycles. The van der Waals surface area contributed by atoms with Gasteiger partial charge in [0.05, 0.1) is 5.56 Å². The first-order chi connectivity index (χ1) is 10.7. The van der Waals surface area contributed by atoms with Crippen molar-refractivity contribution in [3.63, 3.8) is 0 Å². The summed E-state index contributed by atoms with van der Waals surface area (Å²) in [5, 5.41) is 14.5. The van der Waals surface area contributed by atoms with Crippen LogP contribution >= 0.6 is 0 Å². The Labute approximate surface area is 127 Å². The number of fused-ring (bicyclic) bond motifs is 1. The Bertz CT molecular complexity index is 860. The molecule has 2 N–H and O–H groups in total. The van der Waals surface area contributed by atoms with Crippen molar-refractivity contribution in [2.45, 2.75) is 0 Å². The largest absolute Gasteiger partial charge is 0.505 e. The zero-order valence-corrected chi connectivity index (χ0v) is 11.7. The van der Waals surface area contributed by atoms with E-state index in [-0.39, 0.29) is 11.3 Å². The summed E-state index contributed by atoms with van der Waals surface area (Å²) in [6, 6.07) is 14.2. The Morgan fingerprint density at radius 2 is 1.95 bits per heavy atom. The van der Waals surface area contributed by atoms with Gasteiger partial charge in [0.25, 0.3) is 5.91 Å². The van der Waals surface area contributed by atoms with Crippen LogP contribution in [0.25, 0.3) is 10.8 Å². The van der Waals surface area contributed by atoms with E-state index in [1.165, 1.54) is 0 Å². The van der Waals surface area contributed by atoms with E-state index in [2.05, 4.69) is 22.0 Å². The Kier molecular flexibility index (Phi) is 3.53. The number of phenols is 1. The Morgan fingerprint density at radius 1 is 1.18 bits per heavy atom. The number of benzene rings is 2.